The lowest BCUT2D eigenvalue weighted by atomic mass is 9.56. The third-order valence-electron chi connectivity index (χ3n) is 16.6. The molecule has 68 heavy (non-hydrogen) atoms. The van der Waals surface area contributed by atoms with Crippen LogP contribution in [0.15, 0.2) is 48.8 Å². The maximum atomic E-state index is 14.0. The number of thiazole rings is 1. The van der Waals surface area contributed by atoms with Crippen molar-refractivity contribution >= 4 is 62.2 Å². The summed E-state index contributed by atoms with van der Waals surface area (Å²) >= 11 is 1.73. The molecule has 14 nitrogen and oxygen atoms in total. The molecule has 1 spiro atoms. The highest BCUT2D eigenvalue weighted by molar-refractivity contribution is 7.18. The highest BCUT2D eigenvalue weighted by atomic mass is 32.1. The number of imide groups is 1. The summed E-state index contributed by atoms with van der Waals surface area (Å²) in [6.45, 7) is 8.59. The molecule has 15 heteroatoms. The predicted octanol–water partition coefficient (Wildman–Crippen LogP) is 7.26. The Balaban J connectivity index is 0.620. The van der Waals surface area contributed by atoms with E-state index in [0.717, 1.165) is 94.2 Å². The summed E-state index contributed by atoms with van der Waals surface area (Å²) in [6.07, 6.45) is 15.0. The van der Waals surface area contributed by atoms with Crippen molar-refractivity contribution in [2.45, 2.75) is 133 Å². The maximum Gasteiger partial charge on any atom is 0.262 e. The van der Waals surface area contributed by atoms with E-state index in [1.807, 2.05) is 30.5 Å². The van der Waals surface area contributed by atoms with E-state index in [1.165, 1.54) is 38.8 Å². The van der Waals surface area contributed by atoms with E-state index in [0.29, 0.717) is 58.2 Å². The van der Waals surface area contributed by atoms with Crippen LogP contribution >= 0.6 is 11.3 Å². The van der Waals surface area contributed by atoms with Gasteiger partial charge in [-0.15, -0.1) is 11.3 Å². The number of benzene rings is 2. The summed E-state index contributed by atoms with van der Waals surface area (Å²) in [5.41, 5.74) is 4.44. The van der Waals surface area contributed by atoms with Crippen molar-refractivity contribution in [1.82, 2.24) is 29.4 Å². The Morgan fingerprint density at radius 1 is 0.971 bits per heavy atom. The summed E-state index contributed by atoms with van der Waals surface area (Å²) in [4.78, 5) is 81.5. The number of aromatic nitrogens is 4. The lowest BCUT2D eigenvalue weighted by Crippen LogP contribution is -2.62. The zero-order valence-corrected chi connectivity index (χ0v) is 39.8. The number of aliphatic hydroxyl groups is 1. The second kappa shape index (κ2) is 16.7. The number of amides is 2. The Morgan fingerprint density at radius 3 is 2.54 bits per heavy atom. The van der Waals surface area contributed by atoms with Crippen LogP contribution in [-0.2, 0) is 32.8 Å². The van der Waals surface area contributed by atoms with E-state index in [4.69, 9.17) is 14.7 Å². The van der Waals surface area contributed by atoms with Crippen LogP contribution in [0.2, 0.25) is 0 Å². The molecule has 0 radical (unpaired) electrons. The second-order valence-corrected chi connectivity index (χ2v) is 23.0. The quantitative estimate of drug-likeness (QED) is 0.0714. The first-order chi connectivity index (χ1) is 32.8. The van der Waals surface area contributed by atoms with E-state index in [2.05, 4.69) is 21.0 Å². The molecule has 354 valence electrons. The molecule has 3 saturated heterocycles. The van der Waals surface area contributed by atoms with Gasteiger partial charge in [0.1, 0.15) is 11.6 Å². The van der Waals surface area contributed by atoms with Gasteiger partial charge < -0.3 is 19.6 Å². The van der Waals surface area contributed by atoms with Crippen LogP contribution in [0.4, 0.5) is 5.82 Å². The molecule has 3 atom stereocenters. The molecule has 3 aliphatic carbocycles. The average Bonchev–Trinajstić information content (AvgIpc) is 4.14. The molecule has 3 aromatic heterocycles. The van der Waals surface area contributed by atoms with Crippen molar-refractivity contribution in [3.05, 3.63) is 87.2 Å². The Bertz CT molecular complexity index is 2900. The molecule has 12 rings (SSSR count). The molecule has 2 aromatic carbocycles. The first-order valence-corrected chi connectivity index (χ1v) is 25.8. The van der Waals surface area contributed by atoms with Gasteiger partial charge in [0.25, 0.3) is 11.8 Å². The molecule has 1 N–H and O–H groups in total. The summed E-state index contributed by atoms with van der Waals surface area (Å²) in [5.74, 6) is 1.30. The van der Waals surface area contributed by atoms with Crippen molar-refractivity contribution < 1.29 is 33.8 Å². The highest BCUT2D eigenvalue weighted by Crippen LogP contribution is 2.54. The molecule has 2 amide bonds. The number of rotatable bonds is 13. The molecule has 7 heterocycles. The summed E-state index contributed by atoms with van der Waals surface area (Å²) < 4.78 is 8.51. The molecular weight excluding hydrogens is 879 g/mol. The lowest BCUT2D eigenvalue weighted by Gasteiger charge is -2.60. The Kier molecular flexibility index (Phi) is 10.8. The van der Waals surface area contributed by atoms with Gasteiger partial charge in [-0.3, -0.25) is 28.9 Å². The fourth-order valence-corrected chi connectivity index (χ4v) is 14.5. The SMILES string of the molecule is CC(C)(O)c1cc2nc(C3CCC(CN4CC5(CC(CCCc6cccc7c6C(=O)N(C6CCC(=O)CC6=O)C7=O)C5)C4)CC3)sc2cc1CC(=O)c1cnn2ccc(N3C[C@H]4C[C@@H]3CO4)nc12. The van der Waals surface area contributed by atoms with Crippen LogP contribution < -0.4 is 4.90 Å². The minimum absolute atomic E-state index is 0.0823. The number of likely N-dealkylation sites (tertiary alicyclic amines) is 1. The number of hydrogen-bond acceptors (Lipinski definition) is 13. The number of Topliss-reactive ketones (excluding diaryl/α,β-unsaturated/α-hetero) is 3. The third kappa shape index (κ3) is 7.81. The number of fused-ring (bicyclic) bond motifs is 5. The van der Waals surface area contributed by atoms with Crippen LogP contribution in [0.5, 0.6) is 0 Å². The Labute approximate surface area is 399 Å². The van der Waals surface area contributed by atoms with Gasteiger partial charge in [-0.05, 0) is 136 Å². The van der Waals surface area contributed by atoms with Crippen molar-refractivity contribution in [2.75, 3.05) is 37.7 Å². The fraction of sp³-hybridized carbons (Fsp3) is 0.547. The minimum Gasteiger partial charge on any atom is -0.386 e. The van der Waals surface area contributed by atoms with E-state index in [9.17, 15) is 29.1 Å². The Hall–Kier alpha value is -5.22. The first-order valence-electron chi connectivity index (χ1n) is 24.9. The fourth-order valence-electron chi connectivity index (χ4n) is 13.3. The van der Waals surface area contributed by atoms with E-state index in [1.54, 1.807) is 42.0 Å². The maximum absolute atomic E-state index is 14.0. The standard InChI is InChI=1S/C53H59N7O7S/c1-52(2,66)40-21-41-45(18-34(40)17-43(62)39-24-54-59-16-15-46(56-48(39)59)58-26-37-19-35(58)27-67-37)68-49(55-41)33-11-9-30(10-12-33)25-57-28-53(29-57)22-31(23-53)5-3-6-32-7-4-8-38-47(32)51(65)60(50(38)64)42-14-13-36(61)20-44(42)63/h4,7-8,15-16,18,21,24,30-31,33,35,37,42,66H,3,5-6,9-14,17,19-20,22-23,25-29H2,1-2H3/t30?,33?,35-,37-,42?/m1/s1. The average molecular weight is 938 g/mol. The van der Waals surface area contributed by atoms with Gasteiger partial charge in [0.05, 0.1) is 74.9 Å². The van der Waals surface area contributed by atoms with Crippen LogP contribution in [0.25, 0.3) is 15.9 Å². The summed E-state index contributed by atoms with van der Waals surface area (Å²) in [7, 11) is 0. The topological polar surface area (TPSA) is 168 Å². The molecule has 3 saturated carbocycles. The number of morpholine rings is 1. The Morgan fingerprint density at radius 2 is 1.79 bits per heavy atom. The molecule has 7 aliphatic rings. The molecule has 6 fully saturated rings. The van der Waals surface area contributed by atoms with Gasteiger partial charge in [0.2, 0.25) is 0 Å². The third-order valence-corrected chi connectivity index (χ3v) is 17.8. The predicted molar refractivity (Wildman–Crippen MR) is 255 cm³/mol. The number of ether oxygens (including phenoxy) is 1. The van der Waals surface area contributed by atoms with Crippen molar-refractivity contribution in [2.24, 2.45) is 17.3 Å². The normalized spacial score (nSPS) is 26.1. The zero-order valence-electron chi connectivity index (χ0n) is 39.0. The van der Waals surface area contributed by atoms with Crippen LogP contribution in [-0.4, -0.2) is 115 Å². The minimum atomic E-state index is -1.16. The summed E-state index contributed by atoms with van der Waals surface area (Å²) in [6, 6.07) is 11.0. The highest BCUT2D eigenvalue weighted by Gasteiger charge is 2.52. The molecule has 1 unspecified atom stereocenters. The van der Waals surface area contributed by atoms with Gasteiger partial charge in [-0.1, -0.05) is 18.6 Å². The number of nitrogens with zero attached hydrogens (tertiary/aromatic N) is 7. The molecule has 4 aliphatic heterocycles. The summed E-state index contributed by atoms with van der Waals surface area (Å²) in [5, 5.41) is 17.0. The monoisotopic (exact) mass is 937 g/mol. The number of hydrogen-bond donors (Lipinski definition) is 1. The van der Waals surface area contributed by atoms with Crippen LogP contribution in [0.3, 0.4) is 0 Å². The molecule has 2 bridgehead atoms. The van der Waals surface area contributed by atoms with E-state index in [-0.39, 0.29) is 55.0 Å². The number of aryl methyl sites for hydroxylation is 1. The van der Waals surface area contributed by atoms with E-state index < -0.39 is 17.6 Å². The van der Waals surface area contributed by atoms with Gasteiger partial charge in [0, 0.05) is 51.1 Å². The number of carbonyl (C=O) groups is 5. The van der Waals surface area contributed by atoms with Crippen molar-refractivity contribution in [3.8, 4) is 0 Å². The molecule has 5 aromatic rings. The van der Waals surface area contributed by atoms with Crippen molar-refractivity contribution in [1.29, 1.82) is 0 Å². The van der Waals surface area contributed by atoms with Crippen molar-refractivity contribution in [3.63, 3.8) is 0 Å². The van der Waals surface area contributed by atoms with Gasteiger partial charge >= 0.3 is 0 Å². The number of ketones is 3. The lowest BCUT2D eigenvalue weighted by molar-refractivity contribution is -0.132. The largest absolute Gasteiger partial charge is 0.386 e. The number of carbonyl (C=O) groups excluding carboxylic acids is 5. The van der Waals surface area contributed by atoms with Gasteiger partial charge in [-0.2, -0.15) is 5.10 Å². The smallest absolute Gasteiger partial charge is 0.262 e. The first kappa shape index (κ1) is 44.0. The van der Waals surface area contributed by atoms with Crippen LogP contribution in [0, 0.1) is 17.3 Å². The van der Waals surface area contributed by atoms with Gasteiger partial charge in [0.15, 0.2) is 17.2 Å². The second-order valence-electron chi connectivity index (χ2n) is 21.9. The zero-order chi connectivity index (χ0) is 46.6. The number of anilines is 1. The van der Waals surface area contributed by atoms with Gasteiger partial charge in [-0.25, -0.2) is 14.5 Å². The van der Waals surface area contributed by atoms with Crippen LogP contribution in [0.1, 0.15) is 150 Å². The molecular formula is C53H59N7O7S. The van der Waals surface area contributed by atoms with E-state index >= 15 is 0 Å².